The molecule has 3 N–H and O–H groups in total. The van der Waals surface area contributed by atoms with Crippen LogP contribution in [0.4, 0.5) is 0 Å². The molecule has 0 aliphatic heterocycles. The average molecular weight is 967 g/mol. The number of phenolic OH excluding ortho intramolecular Hbond substituents is 1. The number of allylic oxidation sites excluding steroid dienone is 10. The Balaban J connectivity index is 1.36. The Labute approximate surface area is 409 Å². The monoisotopic (exact) mass is 966 g/mol. The molecule has 1 unspecified atom stereocenters. The number of esters is 3. The molecule has 0 saturated carbocycles. The van der Waals surface area contributed by atoms with Gasteiger partial charge in [0.15, 0.2) is 6.10 Å². The van der Waals surface area contributed by atoms with E-state index in [-0.39, 0.29) is 48.8 Å². The number of nitrogens with zero attached hydrogens (tertiary/aromatic N) is 2. The zero-order valence-corrected chi connectivity index (χ0v) is 41.2. The summed E-state index contributed by atoms with van der Waals surface area (Å²) in [6, 6.07) is 16.4. The number of phenols is 1. The molecular formula is C53H66N4O9S2. The summed E-state index contributed by atoms with van der Waals surface area (Å²) >= 11 is 0. The van der Waals surface area contributed by atoms with Crippen LogP contribution in [0.15, 0.2) is 139 Å². The predicted molar refractivity (Wildman–Crippen MR) is 274 cm³/mol. The van der Waals surface area contributed by atoms with Crippen LogP contribution in [0.1, 0.15) is 105 Å². The number of hydrogen-bond donors (Lipinski definition) is 3. The van der Waals surface area contributed by atoms with Crippen molar-refractivity contribution in [3.8, 4) is 11.5 Å². The van der Waals surface area contributed by atoms with Gasteiger partial charge in [0.1, 0.15) is 23.7 Å². The lowest BCUT2D eigenvalue weighted by molar-refractivity contribution is -0.153. The molecule has 364 valence electrons. The van der Waals surface area contributed by atoms with Gasteiger partial charge in [0.2, 0.25) is 5.91 Å². The van der Waals surface area contributed by atoms with Gasteiger partial charge >= 0.3 is 17.9 Å². The number of pyridine rings is 1. The summed E-state index contributed by atoms with van der Waals surface area (Å²) < 4.78 is 16.8. The van der Waals surface area contributed by atoms with Crippen molar-refractivity contribution in [2.45, 2.75) is 85.2 Å². The SMILES string of the molecule is CCC=CCC=CCC=CCC=CC=CCCCC(=O)OCC(C)(C)C(OC(=O)c1cccnc1)C(=O)NCCC(=O)NCCSSCCN=C(C)c1ccccc1OC(=O)c1ccccc1O. The number of unbranched alkanes of at least 4 members (excludes halogenated alkanes) is 1. The zero-order valence-electron chi connectivity index (χ0n) is 39.6. The van der Waals surface area contributed by atoms with Gasteiger partial charge in [-0.05, 0) is 81.8 Å². The molecule has 2 amide bonds. The maximum Gasteiger partial charge on any atom is 0.347 e. The van der Waals surface area contributed by atoms with E-state index in [1.54, 1.807) is 65.8 Å². The van der Waals surface area contributed by atoms with Gasteiger partial charge in [0.05, 0.1) is 5.56 Å². The third kappa shape index (κ3) is 23.0. The summed E-state index contributed by atoms with van der Waals surface area (Å²) in [4.78, 5) is 73.1. The van der Waals surface area contributed by atoms with E-state index in [4.69, 9.17) is 14.2 Å². The van der Waals surface area contributed by atoms with Gasteiger partial charge in [0.25, 0.3) is 5.91 Å². The largest absolute Gasteiger partial charge is 0.507 e. The first kappa shape index (κ1) is 56.1. The Morgan fingerprint density at radius 2 is 1.46 bits per heavy atom. The van der Waals surface area contributed by atoms with Crippen molar-refractivity contribution in [2.75, 3.05) is 37.7 Å². The molecule has 3 aromatic rings. The van der Waals surface area contributed by atoms with Crippen molar-refractivity contribution in [1.82, 2.24) is 15.6 Å². The van der Waals surface area contributed by atoms with Gasteiger partial charge in [0, 0.05) is 73.1 Å². The second-order valence-electron chi connectivity index (χ2n) is 15.9. The van der Waals surface area contributed by atoms with Gasteiger partial charge < -0.3 is 30.0 Å². The first-order valence-electron chi connectivity index (χ1n) is 22.9. The highest BCUT2D eigenvalue weighted by molar-refractivity contribution is 8.76. The van der Waals surface area contributed by atoms with Gasteiger partial charge in [-0.3, -0.25) is 24.4 Å². The smallest absolute Gasteiger partial charge is 0.347 e. The minimum absolute atomic E-state index is 0.00372. The van der Waals surface area contributed by atoms with Crippen molar-refractivity contribution < 1.29 is 43.3 Å². The van der Waals surface area contributed by atoms with Crippen molar-refractivity contribution in [2.24, 2.45) is 10.4 Å². The van der Waals surface area contributed by atoms with Crippen LogP contribution in [0.2, 0.25) is 0 Å². The predicted octanol–water partition coefficient (Wildman–Crippen LogP) is 10.1. The number of hydrogen-bond acceptors (Lipinski definition) is 13. The molecule has 1 aromatic heterocycles. The summed E-state index contributed by atoms with van der Waals surface area (Å²) in [5.41, 5.74) is 0.476. The maximum atomic E-state index is 13.5. The van der Waals surface area contributed by atoms with Crippen LogP contribution < -0.4 is 15.4 Å². The van der Waals surface area contributed by atoms with Crippen LogP contribution in [0, 0.1) is 5.41 Å². The van der Waals surface area contributed by atoms with Gasteiger partial charge in [-0.2, -0.15) is 0 Å². The summed E-state index contributed by atoms with van der Waals surface area (Å²) in [5, 5.41) is 15.6. The number of carbonyl (C=O) groups is 5. The highest BCUT2D eigenvalue weighted by atomic mass is 33.1. The molecule has 0 aliphatic rings. The van der Waals surface area contributed by atoms with E-state index in [1.165, 1.54) is 30.6 Å². The number of rotatable bonds is 31. The Morgan fingerprint density at radius 3 is 2.18 bits per heavy atom. The van der Waals surface area contributed by atoms with E-state index < -0.39 is 35.3 Å². The van der Waals surface area contributed by atoms with Crippen LogP contribution in [0.5, 0.6) is 11.5 Å². The molecule has 1 atom stereocenters. The van der Waals surface area contributed by atoms with E-state index in [1.807, 2.05) is 37.3 Å². The maximum absolute atomic E-state index is 13.5. The fourth-order valence-corrected chi connectivity index (χ4v) is 7.81. The molecule has 1 heterocycles. The van der Waals surface area contributed by atoms with Crippen molar-refractivity contribution in [1.29, 1.82) is 0 Å². The molecule has 0 aliphatic carbocycles. The molecule has 2 aromatic carbocycles. The lowest BCUT2D eigenvalue weighted by Gasteiger charge is -2.32. The van der Waals surface area contributed by atoms with E-state index in [9.17, 15) is 29.1 Å². The summed E-state index contributed by atoms with van der Waals surface area (Å²) in [6.45, 7) is 8.04. The second-order valence-corrected chi connectivity index (χ2v) is 18.6. The summed E-state index contributed by atoms with van der Waals surface area (Å²) in [7, 11) is 3.19. The molecule has 68 heavy (non-hydrogen) atoms. The van der Waals surface area contributed by atoms with Gasteiger partial charge in [-0.1, -0.05) is 127 Å². The number of para-hydroxylation sites is 2. The van der Waals surface area contributed by atoms with Crippen LogP contribution in [0.25, 0.3) is 0 Å². The zero-order chi connectivity index (χ0) is 49.2. The molecule has 0 bridgehead atoms. The van der Waals surface area contributed by atoms with E-state index in [0.29, 0.717) is 54.5 Å². The Morgan fingerprint density at radius 1 is 0.779 bits per heavy atom. The third-order valence-electron chi connectivity index (χ3n) is 9.73. The number of nitrogens with one attached hydrogen (secondary N) is 2. The van der Waals surface area contributed by atoms with Crippen LogP contribution >= 0.6 is 21.6 Å². The Bertz CT molecular complexity index is 2220. The van der Waals surface area contributed by atoms with E-state index in [2.05, 4.69) is 70.1 Å². The molecule has 0 radical (unpaired) electrons. The number of ether oxygens (including phenoxy) is 3. The normalized spacial score (nSPS) is 12.6. The number of aliphatic imine (C=N–C) groups is 1. The third-order valence-corrected chi connectivity index (χ3v) is 12.1. The molecule has 13 nitrogen and oxygen atoms in total. The first-order valence-corrected chi connectivity index (χ1v) is 25.3. The molecule has 15 heteroatoms. The highest BCUT2D eigenvalue weighted by Crippen LogP contribution is 2.27. The first-order chi connectivity index (χ1) is 32.9. The standard InChI is InChI=1S/C53H66N4O9S2/c1-5-6-7-8-9-10-11-12-13-14-15-16-17-18-19-20-31-48(60)64-40-53(3,4)49(66-51(62)42-26-25-33-54-39-42)50(61)57-34-32-47(59)56-36-38-68-67-37-35-55-41(2)43-27-22-24-30-46(43)65-52(63)44-28-21-23-29-45(44)58/h6-7,9-10,12-13,15-18,21-30,33,39,49,58H,5,8,11,14,19-20,31-32,34-38,40H2,1-4H3,(H,56,59)(H,57,61). The fourth-order valence-electron chi connectivity index (χ4n) is 6.04. The quantitative estimate of drug-likeness (QED) is 0.0106. The van der Waals surface area contributed by atoms with Gasteiger partial charge in [-0.15, -0.1) is 0 Å². The lowest BCUT2D eigenvalue weighted by Crippen LogP contribution is -2.49. The Kier molecular flexibility index (Phi) is 27.5. The molecule has 3 rings (SSSR count). The molecule has 0 spiro atoms. The topological polar surface area (TPSA) is 183 Å². The average Bonchev–Trinajstić information content (AvgIpc) is 3.33. The summed E-state index contributed by atoms with van der Waals surface area (Å²) in [6.07, 6.45) is 27.7. The van der Waals surface area contributed by atoms with Crippen molar-refractivity contribution in [3.63, 3.8) is 0 Å². The number of benzene rings is 2. The summed E-state index contributed by atoms with van der Waals surface area (Å²) in [5.74, 6) is -1.22. The van der Waals surface area contributed by atoms with Crippen LogP contribution in [0.3, 0.4) is 0 Å². The number of aromatic hydroxyl groups is 1. The molecule has 0 saturated heterocycles. The van der Waals surface area contributed by atoms with Crippen LogP contribution in [-0.4, -0.2) is 89.4 Å². The minimum atomic E-state index is -1.34. The number of aromatic nitrogens is 1. The number of amides is 2. The number of carbonyl (C=O) groups excluding carboxylic acids is 5. The molecular weight excluding hydrogens is 901 g/mol. The van der Waals surface area contributed by atoms with Crippen molar-refractivity contribution in [3.05, 3.63) is 151 Å². The lowest BCUT2D eigenvalue weighted by atomic mass is 9.86. The fraction of sp³-hybridized carbons (Fsp3) is 0.377. The molecule has 0 fully saturated rings. The van der Waals surface area contributed by atoms with Crippen molar-refractivity contribution >= 4 is 57.0 Å². The Hall–Kier alpha value is -6.19. The van der Waals surface area contributed by atoms with E-state index >= 15 is 0 Å². The highest BCUT2D eigenvalue weighted by Gasteiger charge is 2.40. The van der Waals surface area contributed by atoms with Crippen LogP contribution in [-0.2, 0) is 23.9 Å². The van der Waals surface area contributed by atoms with Gasteiger partial charge in [-0.25, -0.2) is 9.59 Å². The minimum Gasteiger partial charge on any atom is -0.507 e. The van der Waals surface area contributed by atoms with E-state index in [0.717, 1.165) is 25.7 Å². The second kappa shape index (κ2) is 33.3.